The first-order valence-electron chi connectivity index (χ1n) is 3.85. The monoisotopic (exact) mass is 248 g/mol. The molecule has 12 heavy (non-hydrogen) atoms. The minimum Gasteiger partial charge on any atom is -0.318 e. The topological polar surface area (TPSA) is 24.1 Å². The molecule has 0 aliphatic carbocycles. The van der Waals surface area contributed by atoms with Crippen molar-refractivity contribution in [3.8, 4) is 0 Å². The highest BCUT2D eigenvalue weighted by atomic mass is 79.9. The van der Waals surface area contributed by atoms with Crippen molar-refractivity contribution in [2.24, 2.45) is 0 Å². The Kier molecular flexibility index (Phi) is 4.21. The Morgan fingerprint density at radius 1 is 1.50 bits per heavy atom. The van der Waals surface area contributed by atoms with Crippen LogP contribution in [0.2, 0.25) is 0 Å². The minimum absolute atomic E-state index is 0.422. The normalized spacial score (nSPS) is 13.2. The van der Waals surface area contributed by atoms with Gasteiger partial charge in [-0.05, 0) is 42.2 Å². The fraction of sp³-hybridized carbons (Fsp3) is 0.500. The van der Waals surface area contributed by atoms with Gasteiger partial charge in [-0.25, -0.2) is 0 Å². The summed E-state index contributed by atoms with van der Waals surface area (Å²) in [6.07, 6.45) is 0. The molecule has 0 aliphatic rings. The Bertz CT molecular complexity index is 237. The molecule has 0 spiro atoms. The first-order chi connectivity index (χ1) is 5.77. The summed E-state index contributed by atoms with van der Waals surface area (Å²) in [6.45, 7) is 0.962. The molecule has 2 nitrogen and oxygen atoms in total. The molecule has 1 aromatic rings. The number of halogens is 1. The Morgan fingerprint density at radius 2 is 2.25 bits per heavy atom. The van der Waals surface area contributed by atoms with E-state index in [2.05, 4.69) is 38.7 Å². The number of thiophene rings is 1. The number of nitrogens with one attached hydrogen (secondary N) is 2. The van der Waals surface area contributed by atoms with Crippen molar-refractivity contribution in [1.29, 1.82) is 0 Å². The zero-order valence-corrected chi connectivity index (χ0v) is 9.63. The maximum absolute atomic E-state index is 3.45. The third kappa shape index (κ3) is 2.55. The molecule has 1 atom stereocenters. The van der Waals surface area contributed by atoms with Crippen molar-refractivity contribution in [1.82, 2.24) is 10.6 Å². The first-order valence-corrected chi connectivity index (χ1v) is 5.46. The van der Waals surface area contributed by atoms with Gasteiger partial charge in [-0.15, -0.1) is 11.3 Å². The van der Waals surface area contributed by atoms with Crippen LogP contribution in [-0.2, 0) is 0 Å². The van der Waals surface area contributed by atoms with E-state index in [1.165, 1.54) is 8.66 Å². The van der Waals surface area contributed by atoms with Gasteiger partial charge in [0.25, 0.3) is 0 Å². The smallest absolute Gasteiger partial charge is 0.0702 e. The molecule has 0 saturated carbocycles. The van der Waals surface area contributed by atoms with Gasteiger partial charge in [0.15, 0.2) is 0 Å². The van der Waals surface area contributed by atoms with Gasteiger partial charge < -0.3 is 10.6 Å². The van der Waals surface area contributed by atoms with Gasteiger partial charge in [0.05, 0.1) is 9.83 Å². The summed E-state index contributed by atoms with van der Waals surface area (Å²) in [5, 5.41) is 6.41. The molecule has 0 saturated heterocycles. The maximum Gasteiger partial charge on any atom is 0.0702 e. The lowest BCUT2D eigenvalue weighted by Gasteiger charge is -2.12. The van der Waals surface area contributed by atoms with Crippen molar-refractivity contribution in [2.75, 3.05) is 20.6 Å². The van der Waals surface area contributed by atoms with Gasteiger partial charge in [-0.2, -0.15) is 0 Å². The van der Waals surface area contributed by atoms with Crippen LogP contribution in [0.1, 0.15) is 10.9 Å². The predicted octanol–water partition coefficient (Wildman–Crippen LogP) is 1.99. The van der Waals surface area contributed by atoms with Crippen molar-refractivity contribution in [3.63, 3.8) is 0 Å². The van der Waals surface area contributed by atoms with Crippen LogP contribution >= 0.6 is 27.3 Å². The van der Waals surface area contributed by atoms with Gasteiger partial charge in [0.2, 0.25) is 0 Å². The van der Waals surface area contributed by atoms with E-state index in [0.717, 1.165) is 6.54 Å². The average Bonchev–Trinajstić information content (AvgIpc) is 2.47. The second-order valence-corrected chi connectivity index (χ2v) is 5.04. The predicted molar refractivity (Wildman–Crippen MR) is 57.7 cm³/mol. The lowest BCUT2D eigenvalue weighted by molar-refractivity contribution is 0.566. The summed E-state index contributed by atoms with van der Waals surface area (Å²) in [5.41, 5.74) is 0. The van der Waals surface area contributed by atoms with Crippen molar-refractivity contribution in [3.05, 3.63) is 20.8 Å². The molecule has 0 bridgehead atoms. The zero-order valence-electron chi connectivity index (χ0n) is 7.23. The quantitative estimate of drug-likeness (QED) is 0.852. The Morgan fingerprint density at radius 3 is 2.67 bits per heavy atom. The lowest BCUT2D eigenvalue weighted by atomic mass is 10.2. The van der Waals surface area contributed by atoms with Crippen LogP contribution < -0.4 is 10.6 Å². The summed E-state index contributed by atoms with van der Waals surface area (Å²) >= 11 is 5.23. The molecule has 1 rings (SSSR count). The molecule has 1 heterocycles. The molecule has 1 aromatic heterocycles. The van der Waals surface area contributed by atoms with Gasteiger partial charge >= 0.3 is 0 Å². The number of rotatable bonds is 4. The highest BCUT2D eigenvalue weighted by Crippen LogP contribution is 2.26. The second kappa shape index (κ2) is 4.97. The Labute approximate surface area is 85.5 Å². The number of hydrogen-bond donors (Lipinski definition) is 2. The van der Waals surface area contributed by atoms with E-state index in [0.29, 0.717) is 6.04 Å². The van der Waals surface area contributed by atoms with Crippen LogP contribution in [0.15, 0.2) is 15.9 Å². The van der Waals surface area contributed by atoms with E-state index in [1.54, 1.807) is 11.3 Å². The van der Waals surface area contributed by atoms with E-state index < -0.39 is 0 Å². The zero-order chi connectivity index (χ0) is 8.97. The van der Waals surface area contributed by atoms with Crippen LogP contribution in [0.3, 0.4) is 0 Å². The molecule has 2 N–H and O–H groups in total. The number of hydrogen-bond acceptors (Lipinski definition) is 3. The average molecular weight is 249 g/mol. The molecule has 0 aromatic carbocycles. The fourth-order valence-corrected chi connectivity index (χ4v) is 2.60. The molecular weight excluding hydrogens is 236 g/mol. The van der Waals surface area contributed by atoms with Gasteiger partial charge in [0.1, 0.15) is 0 Å². The summed E-state index contributed by atoms with van der Waals surface area (Å²) < 4.78 is 1.19. The Hall–Kier alpha value is 0.1000. The van der Waals surface area contributed by atoms with E-state index in [1.807, 2.05) is 14.1 Å². The van der Waals surface area contributed by atoms with Crippen molar-refractivity contribution >= 4 is 27.3 Å². The van der Waals surface area contributed by atoms with Gasteiger partial charge in [0, 0.05) is 11.4 Å². The standard InChI is InChI=1S/C8H13BrN2S/c1-10-5-6(11-2)7-3-4-8(9)12-7/h3-4,6,10-11H,5H2,1-2H3. The summed E-state index contributed by atoms with van der Waals surface area (Å²) in [4.78, 5) is 1.36. The van der Waals surface area contributed by atoms with Crippen molar-refractivity contribution in [2.45, 2.75) is 6.04 Å². The SMILES string of the molecule is CNCC(NC)c1ccc(Br)s1. The Balaban J connectivity index is 2.66. The third-order valence-electron chi connectivity index (χ3n) is 1.69. The van der Waals surface area contributed by atoms with Gasteiger partial charge in [-0.3, -0.25) is 0 Å². The molecular formula is C8H13BrN2S. The van der Waals surface area contributed by atoms with E-state index in [-0.39, 0.29) is 0 Å². The summed E-state index contributed by atoms with van der Waals surface area (Å²) in [5.74, 6) is 0. The molecule has 0 radical (unpaired) electrons. The molecule has 1 unspecified atom stereocenters. The van der Waals surface area contributed by atoms with Crippen LogP contribution in [0.4, 0.5) is 0 Å². The molecule has 4 heteroatoms. The second-order valence-electron chi connectivity index (χ2n) is 2.54. The first kappa shape index (κ1) is 10.2. The molecule has 0 aliphatic heterocycles. The van der Waals surface area contributed by atoms with Crippen molar-refractivity contribution < 1.29 is 0 Å². The highest BCUT2D eigenvalue weighted by molar-refractivity contribution is 9.11. The van der Waals surface area contributed by atoms with E-state index >= 15 is 0 Å². The minimum atomic E-state index is 0.422. The lowest BCUT2D eigenvalue weighted by Crippen LogP contribution is -2.26. The molecule has 0 fully saturated rings. The summed E-state index contributed by atoms with van der Waals surface area (Å²) in [7, 11) is 3.95. The van der Waals surface area contributed by atoms with Gasteiger partial charge in [-0.1, -0.05) is 0 Å². The molecule has 0 amide bonds. The van der Waals surface area contributed by atoms with E-state index in [9.17, 15) is 0 Å². The fourth-order valence-electron chi connectivity index (χ4n) is 1.06. The van der Waals surface area contributed by atoms with Crippen LogP contribution in [0.25, 0.3) is 0 Å². The van der Waals surface area contributed by atoms with Crippen LogP contribution in [0.5, 0.6) is 0 Å². The van der Waals surface area contributed by atoms with Crippen LogP contribution in [-0.4, -0.2) is 20.6 Å². The third-order valence-corrected chi connectivity index (χ3v) is 3.43. The van der Waals surface area contributed by atoms with E-state index in [4.69, 9.17) is 0 Å². The van der Waals surface area contributed by atoms with Crippen LogP contribution in [0, 0.1) is 0 Å². The number of likely N-dealkylation sites (N-methyl/N-ethyl adjacent to an activating group) is 2. The highest BCUT2D eigenvalue weighted by Gasteiger charge is 2.09. The molecule has 68 valence electrons. The largest absolute Gasteiger partial charge is 0.318 e. The maximum atomic E-state index is 3.45. The summed E-state index contributed by atoms with van der Waals surface area (Å²) in [6, 6.07) is 4.65.